The Kier molecular flexibility index (Phi) is 3.22. The molecular weight excluding hydrogens is 172 g/mol. The number of aromatic amines is 1. The molecule has 0 unspecified atom stereocenters. The lowest BCUT2D eigenvalue weighted by molar-refractivity contribution is -0.135. The maximum absolute atomic E-state index is 10.8. The molecule has 0 aromatic carbocycles. The number of rotatable bonds is 4. The quantitative estimate of drug-likeness (QED) is 0.589. The van der Waals surface area contributed by atoms with Crippen molar-refractivity contribution in [1.29, 1.82) is 0 Å². The van der Waals surface area contributed by atoms with Crippen molar-refractivity contribution in [3.8, 4) is 0 Å². The van der Waals surface area contributed by atoms with Crippen molar-refractivity contribution in [3.05, 3.63) is 34.2 Å². The maximum Gasteiger partial charge on any atom is 0.317 e. The molecule has 70 valence electrons. The fraction of sp³-hybridized carbons (Fsp3) is 0.250. The van der Waals surface area contributed by atoms with E-state index in [0.29, 0.717) is 12.2 Å². The van der Waals surface area contributed by atoms with E-state index in [-0.39, 0.29) is 12.0 Å². The molecular formula is C8H10N2O3. The Bertz CT molecular complexity index is 345. The third kappa shape index (κ3) is 3.53. The molecule has 3 N–H and O–H groups in total. The fourth-order valence-corrected chi connectivity index (χ4v) is 0.899. The van der Waals surface area contributed by atoms with Crippen molar-refractivity contribution in [2.24, 2.45) is 0 Å². The molecule has 0 aliphatic rings. The minimum Gasteiger partial charge on any atom is -0.480 e. The molecule has 0 bridgehead atoms. The van der Waals surface area contributed by atoms with Gasteiger partial charge in [-0.15, -0.1) is 0 Å². The van der Waals surface area contributed by atoms with E-state index < -0.39 is 5.97 Å². The Labute approximate surface area is 74.4 Å². The van der Waals surface area contributed by atoms with E-state index >= 15 is 0 Å². The Morgan fingerprint density at radius 1 is 1.62 bits per heavy atom. The smallest absolute Gasteiger partial charge is 0.317 e. The van der Waals surface area contributed by atoms with Crippen LogP contribution in [0.4, 0.5) is 0 Å². The number of pyridine rings is 1. The number of carboxylic acid groups (broad SMARTS) is 1. The molecule has 0 atom stereocenters. The Morgan fingerprint density at radius 3 is 3.00 bits per heavy atom. The standard InChI is InChI=1S/C8H10N2O3/c11-7-1-2-10-6(3-7)4-9-5-8(12)13/h1-3,9H,4-5H2,(H,10,11)(H,12,13). The number of hydrogen-bond donors (Lipinski definition) is 3. The monoisotopic (exact) mass is 182 g/mol. The molecule has 5 nitrogen and oxygen atoms in total. The first-order chi connectivity index (χ1) is 6.18. The summed E-state index contributed by atoms with van der Waals surface area (Å²) in [5.41, 5.74) is 0.583. The molecule has 1 aromatic heterocycles. The van der Waals surface area contributed by atoms with Gasteiger partial charge in [-0.1, -0.05) is 0 Å². The van der Waals surface area contributed by atoms with E-state index in [0.717, 1.165) is 0 Å². The average molecular weight is 182 g/mol. The molecule has 0 spiro atoms. The van der Waals surface area contributed by atoms with Crippen LogP contribution in [0.5, 0.6) is 0 Å². The first-order valence-electron chi connectivity index (χ1n) is 3.78. The van der Waals surface area contributed by atoms with Crippen LogP contribution in [0.2, 0.25) is 0 Å². The highest BCUT2D eigenvalue weighted by atomic mass is 16.4. The lowest BCUT2D eigenvalue weighted by atomic mass is 10.3. The summed E-state index contributed by atoms with van der Waals surface area (Å²) >= 11 is 0. The van der Waals surface area contributed by atoms with Gasteiger partial charge in [-0.3, -0.25) is 9.59 Å². The number of H-pyrrole nitrogens is 1. The van der Waals surface area contributed by atoms with Crippen molar-refractivity contribution in [2.45, 2.75) is 6.54 Å². The number of nitrogens with one attached hydrogen (secondary N) is 2. The minimum absolute atomic E-state index is 0.0918. The molecule has 0 amide bonds. The van der Waals surface area contributed by atoms with Gasteiger partial charge in [0, 0.05) is 30.6 Å². The van der Waals surface area contributed by atoms with Crippen molar-refractivity contribution in [3.63, 3.8) is 0 Å². The van der Waals surface area contributed by atoms with Gasteiger partial charge in [0.05, 0.1) is 6.54 Å². The first-order valence-corrected chi connectivity index (χ1v) is 3.78. The highest BCUT2D eigenvalue weighted by Gasteiger charge is 1.96. The Hall–Kier alpha value is -1.62. The summed E-state index contributed by atoms with van der Waals surface area (Å²) < 4.78 is 0. The van der Waals surface area contributed by atoms with E-state index in [4.69, 9.17) is 5.11 Å². The first kappa shape index (κ1) is 9.47. The lowest BCUT2D eigenvalue weighted by Gasteiger charge is -2.00. The second kappa shape index (κ2) is 4.42. The number of aromatic nitrogens is 1. The predicted molar refractivity (Wildman–Crippen MR) is 46.4 cm³/mol. The van der Waals surface area contributed by atoms with Crippen LogP contribution in [0.15, 0.2) is 23.1 Å². The Morgan fingerprint density at radius 2 is 2.38 bits per heavy atom. The molecule has 0 aliphatic carbocycles. The van der Waals surface area contributed by atoms with E-state index in [1.54, 1.807) is 0 Å². The second-order valence-electron chi connectivity index (χ2n) is 2.55. The third-order valence-corrected chi connectivity index (χ3v) is 1.42. The van der Waals surface area contributed by atoms with Gasteiger partial charge in [0.25, 0.3) is 0 Å². The molecule has 0 radical (unpaired) electrons. The van der Waals surface area contributed by atoms with Crippen LogP contribution in [0, 0.1) is 0 Å². The van der Waals surface area contributed by atoms with Crippen LogP contribution >= 0.6 is 0 Å². The van der Waals surface area contributed by atoms with Crippen LogP contribution in [-0.2, 0) is 11.3 Å². The molecule has 0 saturated heterocycles. The maximum atomic E-state index is 10.8. The van der Waals surface area contributed by atoms with Gasteiger partial charge < -0.3 is 15.4 Å². The van der Waals surface area contributed by atoms with Gasteiger partial charge in [-0.25, -0.2) is 0 Å². The zero-order valence-electron chi connectivity index (χ0n) is 6.91. The number of carbonyl (C=O) groups is 1. The molecule has 13 heavy (non-hydrogen) atoms. The van der Waals surface area contributed by atoms with E-state index in [1.807, 2.05) is 0 Å². The van der Waals surface area contributed by atoms with Gasteiger partial charge in [0.15, 0.2) is 5.43 Å². The average Bonchev–Trinajstić information content (AvgIpc) is 2.03. The zero-order valence-corrected chi connectivity index (χ0v) is 6.91. The summed E-state index contributed by atoms with van der Waals surface area (Å²) in [7, 11) is 0. The number of carboxylic acids is 1. The van der Waals surface area contributed by atoms with Crippen LogP contribution in [0.3, 0.4) is 0 Å². The van der Waals surface area contributed by atoms with E-state index in [2.05, 4.69) is 10.3 Å². The van der Waals surface area contributed by atoms with E-state index in [9.17, 15) is 9.59 Å². The van der Waals surface area contributed by atoms with Crippen LogP contribution in [-0.4, -0.2) is 22.6 Å². The molecule has 5 heteroatoms. The predicted octanol–water partition coefficient (Wildman–Crippen LogP) is -0.451. The molecule has 1 aromatic rings. The van der Waals surface area contributed by atoms with Crippen LogP contribution in [0.1, 0.15) is 5.69 Å². The third-order valence-electron chi connectivity index (χ3n) is 1.42. The van der Waals surface area contributed by atoms with Crippen molar-refractivity contribution in [1.82, 2.24) is 10.3 Å². The van der Waals surface area contributed by atoms with Crippen molar-refractivity contribution < 1.29 is 9.90 Å². The Balaban J connectivity index is 2.45. The van der Waals surface area contributed by atoms with Gasteiger partial charge in [-0.2, -0.15) is 0 Å². The number of aliphatic carboxylic acids is 1. The molecule has 0 fully saturated rings. The molecule has 0 aliphatic heterocycles. The van der Waals surface area contributed by atoms with Crippen LogP contribution < -0.4 is 10.7 Å². The number of hydrogen-bond acceptors (Lipinski definition) is 3. The summed E-state index contributed by atoms with van der Waals surface area (Å²) in [6, 6.07) is 2.83. The summed E-state index contributed by atoms with van der Waals surface area (Å²) in [6.07, 6.45) is 1.53. The van der Waals surface area contributed by atoms with Gasteiger partial charge >= 0.3 is 5.97 Å². The highest BCUT2D eigenvalue weighted by molar-refractivity contribution is 5.68. The largest absolute Gasteiger partial charge is 0.480 e. The normalized spacial score (nSPS) is 9.85. The summed E-state index contributed by atoms with van der Waals surface area (Å²) in [4.78, 5) is 23.8. The fourth-order valence-electron chi connectivity index (χ4n) is 0.899. The van der Waals surface area contributed by atoms with Gasteiger partial charge in [0.2, 0.25) is 0 Å². The lowest BCUT2D eigenvalue weighted by Crippen LogP contribution is -2.22. The molecule has 0 saturated carbocycles. The molecule has 1 rings (SSSR count). The minimum atomic E-state index is -0.918. The highest BCUT2D eigenvalue weighted by Crippen LogP contribution is 1.86. The van der Waals surface area contributed by atoms with Crippen LogP contribution in [0.25, 0.3) is 0 Å². The van der Waals surface area contributed by atoms with Gasteiger partial charge in [-0.05, 0) is 0 Å². The topological polar surface area (TPSA) is 82.2 Å². The summed E-state index contributed by atoms with van der Waals surface area (Å²) in [5, 5.41) is 11.0. The zero-order chi connectivity index (χ0) is 9.68. The SMILES string of the molecule is O=C(O)CNCc1cc(=O)cc[nH]1. The van der Waals surface area contributed by atoms with Crippen molar-refractivity contribution in [2.75, 3.05) is 6.54 Å². The summed E-state index contributed by atoms with van der Waals surface area (Å²) in [6.45, 7) is 0.235. The second-order valence-corrected chi connectivity index (χ2v) is 2.55. The van der Waals surface area contributed by atoms with E-state index in [1.165, 1.54) is 18.3 Å². The molecule has 1 heterocycles. The summed E-state index contributed by atoms with van der Waals surface area (Å²) in [5.74, 6) is -0.918. The van der Waals surface area contributed by atoms with Gasteiger partial charge in [0.1, 0.15) is 0 Å². The van der Waals surface area contributed by atoms with Crippen molar-refractivity contribution >= 4 is 5.97 Å².